The van der Waals surface area contributed by atoms with E-state index in [4.69, 9.17) is 9.15 Å². The molecule has 0 unspecified atom stereocenters. The number of carbonyl (C=O) groups excluding carboxylic acids is 2. The molecule has 0 bridgehead atoms. The van der Waals surface area contributed by atoms with Crippen molar-refractivity contribution < 1.29 is 36.7 Å². The van der Waals surface area contributed by atoms with Gasteiger partial charge in [-0.1, -0.05) is 0 Å². The van der Waals surface area contributed by atoms with Crippen LogP contribution in [0.15, 0.2) is 47.1 Å². The number of nitrogens with one attached hydrogen (secondary N) is 1. The van der Waals surface area contributed by atoms with Gasteiger partial charge in [-0.2, -0.15) is 0 Å². The minimum Gasteiger partial charge on any atom is -0.464 e. The lowest BCUT2D eigenvalue weighted by atomic mass is 10.0. The number of hydrogen-bond acceptors (Lipinski definition) is 5. The molecule has 3 aromatic rings. The number of furan rings is 1. The number of halogens is 3. The standard InChI is InChI=1S/C21H18F3NO5/c1-12-7-17-14(10-28-18(17)8-13(12)2)9-20(27)29-11-19(26)25-15-3-5-16(6-4-15)30-21(22,23)24/h3-8,10H,9,11H2,1-2H3,(H,25,26). The van der Waals surface area contributed by atoms with Gasteiger partial charge in [0, 0.05) is 16.6 Å². The number of anilines is 1. The van der Waals surface area contributed by atoms with Gasteiger partial charge in [-0.15, -0.1) is 13.2 Å². The highest BCUT2D eigenvalue weighted by atomic mass is 19.4. The molecular weight excluding hydrogens is 403 g/mol. The van der Waals surface area contributed by atoms with Gasteiger partial charge in [0.1, 0.15) is 11.3 Å². The monoisotopic (exact) mass is 421 g/mol. The van der Waals surface area contributed by atoms with Crippen molar-refractivity contribution in [3.63, 3.8) is 0 Å². The number of alkyl halides is 3. The van der Waals surface area contributed by atoms with Crippen LogP contribution in [0.1, 0.15) is 16.7 Å². The second-order valence-corrected chi connectivity index (χ2v) is 6.65. The first-order valence-corrected chi connectivity index (χ1v) is 8.89. The Morgan fingerprint density at radius 3 is 2.40 bits per heavy atom. The van der Waals surface area contributed by atoms with Gasteiger partial charge in [0.25, 0.3) is 5.91 Å². The Labute approximate surface area is 169 Å². The minimum atomic E-state index is -4.79. The topological polar surface area (TPSA) is 77.8 Å². The molecule has 1 N–H and O–H groups in total. The average molecular weight is 421 g/mol. The molecule has 0 saturated carbocycles. The van der Waals surface area contributed by atoms with Crippen LogP contribution in [0.2, 0.25) is 0 Å². The molecule has 0 radical (unpaired) electrons. The van der Waals surface area contributed by atoms with Gasteiger partial charge in [0.2, 0.25) is 0 Å². The van der Waals surface area contributed by atoms with Crippen molar-refractivity contribution in [3.05, 3.63) is 59.4 Å². The quantitative estimate of drug-likeness (QED) is 0.585. The number of carbonyl (C=O) groups is 2. The van der Waals surface area contributed by atoms with Crippen LogP contribution in [0.4, 0.5) is 18.9 Å². The van der Waals surface area contributed by atoms with Crippen molar-refractivity contribution in [3.8, 4) is 5.75 Å². The van der Waals surface area contributed by atoms with E-state index in [9.17, 15) is 22.8 Å². The molecule has 30 heavy (non-hydrogen) atoms. The summed E-state index contributed by atoms with van der Waals surface area (Å²) in [4.78, 5) is 24.0. The van der Waals surface area contributed by atoms with E-state index in [1.807, 2.05) is 26.0 Å². The fourth-order valence-electron chi connectivity index (χ4n) is 2.76. The first-order chi connectivity index (χ1) is 14.1. The summed E-state index contributed by atoms with van der Waals surface area (Å²) < 4.78 is 50.6. The number of benzene rings is 2. The molecule has 1 aromatic heterocycles. The fourth-order valence-corrected chi connectivity index (χ4v) is 2.76. The smallest absolute Gasteiger partial charge is 0.464 e. The zero-order chi connectivity index (χ0) is 21.9. The Hall–Kier alpha value is -3.49. The average Bonchev–Trinajstić information content (AvgIpc) is 3.02. The highest BCUT2D eigenvalue weighted by Crippen LogP contribution is 2.26. The van der Waals surface area contributed by atoms with E-state index in [2.05, 4.69) is 10.1 Å². The van der Waals surface area contributed by atoms with E-state index in [-0.39, 0.29) is 12.1 Å². The zero-order valence-electron chi connectivity index (χ0n) is 16.1. The molecule has 2 aromatic carbocycles. The van der Waals surface area contributed by atoms with Crippen LogP contribution in [0.25, 0.3) is 11.0 Å². The van der Waals surface area contributed by atoms with Crippen molar-refractivity contribution in [2.75, 3.05) is 11.9 Å². The molecule has 6 nitrogen and oxygen atoms in total. The third-order valence-corrected chi connectivity index (χ3v) is 4.34. The van der Waals surface area contributed by atoms with Gasteiger partial charge in [0.15, 0.2) is 6.61 Å². The molecule has 9 heteroatoms. The van der Waals surface area contributed by atoms with E-state index in [1.165, 1.54) is 18.4 Å². The number of amides is 1. The summed E-state index contributed by atoms with van der Waals surface area (Å²) in [5.41, 5.74) is 3.68. The molecule has 0 atom stereocenters. The molecule has 1 heterocycles. The van der Waals surface area contributed by atoms with Crippen molar-refractivity contribution in [1.29, 1.82) is 0 Å². The Kier molecular flexibility index (Phi) is 6.00. The maximum absolute atomic E-state index is 12.1. The Morgan fingerprint density at radius 1 is 1.07 bits per heavy atom. The summed E-state index contributed by atoms with van der Waals surface area (Å²) in [6, 6.07) is 8.41. The van der Waals surface area contributed by atoms with Crippen LogP contribution in [0, 0.1) is 13.8 Å². The molecule has 0 aliphatic rings. The van der Waals surface area contributed by atoms with Gasteiger partial charge in [-0.3, -0.25) is 9.59 Å². The summed E-state index contributed by atoms with van der Waals surface area (Å²) in [6.07, 6.45) is -3.38. The number of esters is 1. The van der Waals surface area contributed by atoms with E-state index >= 15 is 0 Å². The summed E-state index contributed by atoms with van der Waals surface area (Å²) >= 11 is 0. The first kappa shape index (κ1) is 21.2. The van der Waals surface area contributed by atoms with E-state index in [0.29, 0.717) is 11.1 Å². The summed E-state index contributed by atoms with van der Waals surface area (Å²) in [6.45, 7) is 3.38. The molecule has 0 fully saturated rings. The second-order valence-electron chi connectivity index (χ2n) is 6.65. The summed E-state index contributed by atoms with van der Waals surface area (Å²) in [7, 11) is 0. The van der Waals surface area contributed by atoms with Gasteiger partial charge in [-0.05, 0) is 61.4 Å². The van der Waals surface area contributed by atoms with Gasteiger partial charge >= 0.3 is 12.3 Å². The van der Waals surface area contributed by atoms with Gasteiger partial charge in [-0.25, -0.2) is 0 Å². The maximum atomic E-state index is 12.1. The molecule has 158 valence electrons. The molecule has 0 aliphatic carbocycles. The maximum Gasteiger partial charge on any atom is 0.573 e. The summed E-state index contributed by atoms with van der Waals surface area (Å²) in [5.74, 6) is -1.65. The fraction of sp³-hybridized carbons (Fsp3) is 0.238. The van der Waals surface area contributed by atoms with E-state index < -0.39 is 30.6 Å². The third-order valence-electron chi connectivity index (χ3n) is 4.34. The van der Waals surface area contributed by atoms with Crippen LogP contribution in [0.3, 0.4) is 0 Å². The molecule has 0 aliphatic heterocycles. The Morgan fingerprint density at radius 2 is 1.73 bits per heavy atom. The van der Waals surface area contributed by atoms with Crippen LogP contribution < -0.4 is 10.1 Å². The lowest BCUT2D eigenvalue weighted by Crippen LogP contribution is -2.21. The largest absolute Gasteiger partial charge is 0.573 e. The predicted molar refractivity (Wildman–Crippen MR) is 102 cm³/mol. The number of ether oxygens (including phenoxy) is 2. The highest BCUT2D eigenvalue weighted by Gasteiger charge is 2.31. The van der Waals surface area contributed by atoms with Crippen LogP contribution in [-0.4, -0.2) is 24.8 Å². The predicted octanol–water partition coefficient (Wildman–Crippen LogP) is 4.67. The van der Waals surface area contributed by atoms with Gasteiger partial charge < -0.3 is 19.2 Å². The van der Waals surface area contributed by atoms with Crippen LogP contribution >= 0.6 is 0 Å². The highest BCUT2D eigenvalue weighted by molar-refractivity contribution is 5.93. The molecule has 1 amide bonds. The number of fused-ring (bicyclic) bond motifs is 1. The van der Waals surface area contributed by atoms with Gasteiger partial charge in [0.05, 0.1) is 12.7 Å². The lowest BCUT2D eigenvalue weighted by Gasteiger charge is -2.10. The minimum absolute atomic E-state index is 0.0632. The molecule has 0 saturated heterocycles. The molecule has 3 rings (SSSR count). The van der Waals surface area contributed by atoms with E-state index in [0.717, 1.165) is 28.6 Å². The van der Waals surface area contributed by atoms with Crippen molar-refractivity contribution in [1.82, 2.24) is 0 Å². The molecule has 0 spiro atoms. The second kappa shape index (κ2) is 8.48. The Balaban J connectivity index is 1.51. The van der Waals surface area contributed by atoms with Crippen LogP contribution in [-0.2, 0) is 20.7 Å². The van der Waals surface area contributed by atoms with Crippen molar-refractivity contribution in [2.45, 2.75) is 26.6 Å². The third kappa shape index (κ3) is 5.53. The van der Waals surface area contributed by atoms with Crippen LogP contribution in [0.5, 0.6) is 5.75 Å². The lowest BCUT2D eigenvalue weighted by molar-refractivity contribution is -0.274. The molecular formula is C21H18F3NO5. The Bertz CT molecular complexity index is 1070. The summed E-state index contributed by atoms with van der Waals surface area (Å²) in [5, 5.41) is 3.22. The van der Waals surface area contributed by atoms with Crippen molar-refractivity contribution in [2.24, 2.45) is 0 Å². The number of aryl methyl sites for hydroxylation is 2. The number of hydrogen-bond donors (Lipinski definition) is 1. The zero-order valence-corrected chi connectivity index (χ0v) is 16.1. The number of rotatable bonds is 6. The normalized spacial score (nSPS) is 11.4. The first-order valence-electron chi connectivity index (χ1n) is 8.89. The van der Waals surface area contributed by atoms with Crippen molar-refractivity contribution >= 4 is 28.5 Å². The van der Waals surface area contributed by atoms with E-state index in [1.54, 1.807) is 0 Å². The SMILES string of the molecule is Cc1cc2occ(CC(=O)OCC(=O)Nc3ccc(OC(F)(F)F)cc3)c2cc1C.